The van der Waals surface area contributed by atoms with Crippen LogP contribution in [0.4, 0.5) is 0 Å². The van der Waals surface area contributed by atoms with E-state index in [2.05, 4.69) is 0 Å². The summed E-state index contributed by atoms with van der Waals surface area (Å²) in [7, 11) is 0. The van der Waals surface area contributed by atoms with Crippen LogP contribution in [0.2, 0.25) is 0 Å². The Morgan fingerprint density at radius 2 is 2.00 bits per heavy atom. The van der Waals surface area contributed by atoms with E-state index >= 15 is 0 Å². The van der Waals surface area contributed by atoms with E-state index in [1.54, 1.807) is 0 Å². The van der Waals surface area contributed by atoms with E-state index in [-0.39, 0.29) is 6.42 Å². The summed E-state index contributed by atoms with van der Waals surface area (Å²) in [5.74, 6) is -1.63. The van der Waals surface area contributed by atoms with E-state index in [4.69, 9.17) is 5.11 Å². The Bertz CT molecular complexity index is 134. The van der Waals surface area contributed by atoms with Crippen molar-refractivity contribution in [1.29, 1.82) is 0 Å². The fraction of sp³-hybridized carbons (Fsp3) is 0.600. The van der Waals surface area contributed by atoms with Gasteiger partial charge >= 0.3 is 5.97 Å². The summed E-state index contributed by atoms with van der Waals surface area (Å²) in [5.41, 5.74) is 0. The normalized spacial score (nSPS) is 8.90. The number of rotatable bonds is 4. The van der Waals surface area contributed by atoms with Crippen molar-refractivity contribution >= 4 is 11.9 Å². The van der Waals surface area contributed by atoms with Gasteiger partial charge in [-0.1, -0.05) is 0 Å². The van der Waals surface area contributed by atoms with Crippen LogP contribution in [0.1, 0.15) is 6.42 Å². The Balaban J connectivity index is 3.30. The summed E-state index contributed by atoms with van der Waals surface area (Å²) in [4.78, 5) is 20.2. The number of carboxylic acid groups (broad SMARTS) is 1. The third-order valence-electron chi connectivity index (χ3n) is 0.766. The standard InChI is InChI=1S/C5H8NO4/c7-2-1-4(8)6-3-5(9)10/h1-3H2,(H,6,8)(H,9,10). The van der Waals surface area contributed by atoms with Gasteiger partial charge in [0, 0.05) is 0 Å². The molecular weight excluding hydrogens is 138 g/mol. The second-order valence-electron chi connectivity index (χ2n) is 1.62. The van der Waals surface area contributed by atoms with Gasteiger partial charge in [0.15, 0.2) is 0 Å². The summed E-state index contributed by atoms with van der Waals surface area (Å²) in [6.07, 6.45) is -0.159. The number of nitrogens with one attached hydrogen (secondary N) is 1. The number of carbonyl (C=O) groups excluding carboxylic acids is 1. The number of amides is 1. The molecule has 0 aliphatic heterocycles. The van der Waals surface area contributed by atoms with Crippen molar-refractivity contribution in [3.05, 3.63) is 0 Å². The van der Waals surface area contributed by atoms with Crippen molar-refractivity contribution in [3.8, 4) is 0 Å². The number of carboxylic acids is 1. The van der Waals surface area contributed by atoms with E-state index in [9.17, 15) is 14.7 Å². The molecule has 0 saturated heterocycles. The second-order valence-corrected chi connectivity index (χ2v) is 1.62. The van der Waals surface area contributed by atoms with Gasteiger partial charge < -0.3 is 10.4 Å². The highest BCUT2D eigenvalue weighted by Gasteiger charge is 2.01. The zero-order valence-corrected chi connectivity index (χ0v) is 5.29. The molecule has 0 bridgehead atoms. The molecule has 0 atom stereocenters. The molecule has 0 aromatic rings. The van der Waals surface area contributed by atoms with E-state index in [1.165, 1.54) is 0 Å². The molecule has 57 valence electrons. The summed E-state index contributed by atoms with van der Waals surface area (Å²) >= 11 is 0. The average molecular weight is 146 g/mol. The average Bonchev–Trinajstić information content (AvgIpc) is 1.85. The third-order valence-corrected chi connectivity index (χ3v) is 0.766. The first-order valence-corrected chi connectivity index (χ1v) is 2.73. The molecule has 2 N–H and O–H groups in total. The van der Waals surface area contributed by atoms with Gasteiger partial charge in [0.1, 0.15) is 6.54 Å². The van der Waals surface area contributed by atoms with Crippen LogP contribution in [0.3, 0.4) is 0 Å². The van der Waals surface area contributed by atoms with Crippen LogP contribution in [0.25, 0.3) is 0 Å². The van der Waals surface area contributed by atoms with Gasteiger partial charge in [0.25, 0.3) is 0 Å². The van der Waals surface area contributed by atoms with Gasteiger partial charge in [-0.2, -0.15) is 0 Å². The van der Waals surface area contributed by atoms with Crippen molar-refractivity contribution in [2.45, 2.75) is 6.42 Å². The van der Waals surface area contributed by atoms with Crippen LogP contribution in [-0.4, -0.2) is 30.1 Å². The fourth-order valence-corrected chi connectivity index (χ4v) is 0.355. The van der Waals surface area contributed by atoms with Crippen LogP contribution >= 0.6 is 0 Å². The minimum Gasteiger partial charge on any atom is -0.480 e. The summed E-state index contributed by atoms with van der Waals surface area (Å²) in [5, 5.41) is 19.9. The predicted molar refractivity (Wildman–Crippen MR) is 30.8 cm³/mol. The monoisotopic (exact) mass is 146 g/mol. The van der Waals surface area contributed by atoms with Crippen LogP contribution in [0.5, 0.6) is 0 Å². The van der Waals surface area contributed by atoms with Crippen LogP contribution < -0.4 is 5.32 Å². The maximum atomic E-state index is 10.4. The van der Waals surface area contributed by atoms with E-state index in [0.717, 1.165) is 0 Å². The molecule has 1 radical (unpaired) electrons. The number of hydrogen-bond donors (Lipinski definition) is 2. The Morgan fingerprint density at radius 3 is 2.40 bits per heavy atom. The van der Waals surface area contributed by atoms with E-state index < -0.39 is 25.0 Å². The lowest BCUT2D eigenvalue weighted by atomic mass is 10.4. The predicted octanol–water partition coefficient (Wildman–Crippen LogP) is -0.992. The van der Waals surface area contributed by atoms with Gasteiger partial charge in [-0.25, -0.2) is 5.11 Å². The Labute approximate surface area is 57.7 Å². The van der Waals surface area contributed by atoms with Crippen LogP contribution in [0.15, 0.2) is 0 Å². The second kappa shape index (κ2) is 4.75. The molecule has 0 saturated carbocycles. The highest BCUT2D eigenvalue weighted by Crippen LogP contribution is 1.75. The summed E-state index contributed by atoms with van der Waals surface area (Å²) in [6.45, 7) is -0.926. The van der Waals surface area contributed by atoms with Gasteiger partial charge in [-0.3, -0.25) is 9.59 Å². The van der Waals surface area contributed by atoms with Crippen molar-refractivity contribution in [1.82, 2.24) is 5.32 Å². The molecule has 0 fully saturated rings. The third kappa shape index (κ3) is 5.04. The molecule has 0 rings (SSSR count). The largest absolute Gasteiger partial charge is 0.480 e. The number of hydrogen-bond acceptors (Lipinski definition) is 2. The smallest absolute Gasteiger partial charge is 0.322 e. The minimum absolute atomic E-state index is 0.159. The molecule has 0 unspecified atom stereocenters. The van der Waals surface area contributed by atoms with Crippen molar-refractivity contribution < 1.29 is 19.8 Å². The van der Waals surface area contributed by atoms with Gasteiger partial charge in [-0.15, -0.1) is 0 Å². The highest BCUT2D eigenvalue weighted by molar-refractivity contribution is 5.81. The topological polar surface area (TPSA) is 86.3 Å². The number of carbonyl (C=O) groups is 2. The van der Waals surface area contributed by atoms with Crippen LogP contribution in [0, 0.1) is 0 Å². The molecule has 0 aliphatic carbocycles. The molecule has 0 heterocycles. The summed E-state index contributed by atoms with van der Waals surface area (Å²) < 4.78 is 0. The molecule has 0 aliphatic rings. The molecular formula is C5H8NO4. The lowest BCUT2D eigenvalue weighted by Crippen LogP contribution is -2.29. The molecule has 5 heteroatoms. The van der Waals surface area contributed by atoms with Crippen molar-refractivity contribution in [3.63, 3.8) is 0 Å². The quantitative estimate of drug-likeness (QED) is 0.533. The van der Waals surface area contributed by atoms with Gasteiger partial charge in [0.05, 0.1) is 13.0 Å². The Kier molecular flexibility index (Phi) is 4.23. The fourth-order valence-electron chi connectivity index (χ4n) is 0.355. The minimum atomic E-state index is -1.11. The first-order valence-electron chi connectivity index (χ1n) is 2.73. The van der Waals surface area contributed by atoms with Crippen molar-refractivity contribution in [2.75, 3.05) is 13.2 Å². The Morgan fingerprint density at radius 1 is 1.40 bits per heavy atom. The SMILES string of the molecule is [O]CCC(=O)NCC(=O)O. The maximum absolute atomic E-state index is 10.4. The van der Waals surface area contributed by atoms with Gasteiger partial charge in [0.2, 0.25) is 5.91 Å². The molecule has 1 amide bonds. The lowest BCUT2D eigenvalue weighted by Gasteiger charge is -1.97. The van der Waals surface area contributed by atoms with Crippen molar-refractivity contribution in [2.24, 2.45) is 0 Å². The first-order chi connectivity index (χ1) is 4.66. The van der Waals surface area contributed by atoms with Crippen LogP contribution in [-0.2, 0) is 14.7 Å². The Hall–Kier alpha value is -1.10. The van der Waals surface area contributed by atoms with E-state index in [0.29, 0.717) is 0 Å². The molecule has 0 spiro atoms. The molecule has 10 heavy (non-hydrogen) atoms. The number of aliphatic carboxylic acids is 1. The first kappa shape index (κ1) is 8.90. The zero-order chi connectivity index (χ0) is 7.98. The lowest BCUT2D eigenvalue weighted by molar-refractivity contribution is -0.138. The molecule has 0 aromatic heterocycles. The summed E-state index contributed by atoms with van der Waals surface area (Å²) in [6, 6.07) is 0. The zero-order valence-electron chi connectivity index (χ0n) is 5.29. The highest BCUT2D eigenvalue weighted by atomic mass is 16.4. The molecule has 5 nitrogen and oxygen atoms in total. The van der Waals surface area contributed by atoms with E-state index in [1.807, 2.05) is 5.32 Å². The maximum Gasteiger partial charge on any atom is 0.322 e. The molecule has 0 aromatic carbocycles. The van der Waals surface area contributed by atoms with Gasteiger partial charge in [-0.05, 0) is 0 Å².